The van der Waals surface area contributed by atoms with Gasteiger partial charge in [-0.2, -0.15) is 0 Å². The van der Waals surface area contributed by atoms with E-state index in [1.807, 2.05) is 0 Å². The van der Waals surface area contributed by atoms with Gasteiger partial charge in [0.05, 0.1) is 6.10 Å². The van der Waals surface area contributed by atoms with E-state index in [4.69, 9.17) is 0 Å². The highest BCUT2D eigenvalue weighted by Gasteiger charge is 2.46. The third-order valence-corrected chi connectivity index (χ3v) is 4.05. The molecule has 0 aromatic carbocycles. The number of hydrogen-bond acceptors (Lipinski definition) is 2. The molecule has 0 saturated heterocycles. The number of hydrogen-bond donors (Lipinski definition) is 1. The maximum absolute atomic E-state index is 11.8. The highest BCUT2D eigenvalue weighted by Crippen LogP contribution is 2.47. The lowest BCUT2D eigenvalue weighted by Crippen LogP contribution is -2.44. The number of carbonyl (C=O) groups is 1. The Morgan fingerprint density at radius 1 is 1.46 bits per heavy atom. The largest absolute Gasteiger partial charge is 0.393 e. The van der Waals surface area contributed by atoms with Crippen LogP contribution in [0.4, 0.5) is 0 Å². The quantitative estimate of drug-likeness (QED) is 0.621. The van der Waals surface area contributed by atoms with Gasteiger partial charge in [0, 0.05) is 11.8 Å². The van der Waals surface area contributed by atoms with Gasteiger partial charge in [-0.1, -0.05) is 6.92 Å². The number of aliphatic hydroxyl groups excluding tert-OH is 1. The number of rotatable bonds is 0. The molecule has 0 heterocycles. The molecule has 0 aromatic rings. The lowest BCUT2D eigenvalue weighted by molar-refractivity contribution is -0.138. The maximum Gasteiger partial charge on any atom is 0.139 e. The van der Waals surface area contributed by atoms with Crippen LogP contribution in [0.25, 0.3) is 0 Å². The van der Waals surface area contributed by atoms with Gasteiger partial charge >= 0.3 is 0 Å². The molecule has 2 fully saturated rings. The van der Waals surface area contributed by atoms with Gasteiger partial charge in [-0.15, -0.1) is 0 Å². The molecule has 2 saturated carbocycles. The van der Waals surface area contributed by atoms with Gasteiger partial charge in [0.15, 0.2) is 0 Å². The zero-order chi connectivity index (χ0) is 9.47. The summed E-state index contributed by atoms with van der Waals surface area (Å²) in [6.07, 6.45) is 5.36. The van der Waals surface area contributed by atoms with Crippen LogP contribution in [0.5, 0.6) is 0 Å². The van der Waals surface area contributed by atoms with Crippen molar-refractivity contribution in [3.05, 3.63) is 0 Å². The molecule has 0 bridgehead atoms. The van der Waals surface area contributed by atoms with Gasteiger partial charge in [0.2, 0.25) is 0 Å². The van der Waals surface area contributed by atoms with Crippen LogP contribution in [0.1, 0.15) is 45.4 Å². The molecule has 3 atom stereocenters. The zero-order valence-corrected chi connectivity index (χ0v) is 8.25. The third-order valence-electron chi connectivity index (χ3n) is 4.05. The van der Waals surface area contributed by atoms with Crippen LogP contribution in [-0.4, -0.2) is 17.0 Å². The second-order valence-electron chi connectivity index (χ2n) is 4.86. The van der Waals surface area contributed by atoms with Crippen molar-refractivity contribution in [3.8, 4) is 0 Å². The Morgan fingerprint density at radius 2 is 2.23 bits per heavy atom. The molecule has 0 aliphatic heterocycles. The Morgan fingerprint density at radius 3 is 3.00 bits per heavy atom. The molecule has 74 valence electrons. The molecule has 0 amide bonds. The lowest BCUT2D eigenvalue weighted by Gasteiger charge is -2.45. The van der Waals surface area contributed by atoms with Crippen molar-refractivity contribution < 1.29 is 9.90 Å². The van der Waals surface area contributed by atoms with Crippen LogP contribution in [0, 0.1) is 11.3 Å². The van der Waals surface area contributed by atoms with Gasteiger partial charge in [0.1, 0.15) is 5.78 Å². The van der Waals surface area contributed by atoms with Crippen LogP contribution in [0.2, 0.25) is 0 Å². The summed E-state index contributed by atoms with van der Waals surface area (Å²) in [6, 6.07) is 0. The van der Waals surface area contributed by atoms with Gasteiger partial charge in [-0.05, 0) is 38.0 Å². The van der Waals surface area contributed by atoms with Crippen molar-refractivity contribution in [3.63, 3.8) is 0 Å². The molecule has 0 unspecified atom stereocenters. The molecule has 2 nitrogen and oxygen atoms in total. The Balaban J connectivity index is 2.18. The van der Waals surface area contributed by atoms with Crippen LogP contribution in [0.3, 0.4) is 0 Å². The molecule has 2 heteroatoms. The van der Waals surface area contributed by atoms with E-state index in [1.54, 1.807) is 0 Å². The van der Waals surface area contributed by atoms with Crippen LogP contribution >= 0.6 is 0 Å². The Kier molecular flexibility index (Phi) is 2.18. The van der Waals surface area contributed by atoms with Gasteiger partial charge in [0.25, 0.3) is 0 Å². The van der Waals surface area contributed by atoms with E-state index in [2.05, 4.69) is 6.92 Å². The second-order valence-corrected chi connectivity index (χ2v) is 4.86. The number of Topliss-reactive ketones (excluding diaryl/α,β-unsaturated/α-hetero) is 1. The number of carbonyl (C=O) groups excluding carboxylic acids is 1. The van der Waals surface area contributed by atoms with E-state index < -0.39 is 0 Å². The summed E-state index contributed by atoms with van der Waals surface area (Å²) >= 11 is 0. The summed E-state index contributed by atoms with van der Waals surface area (Å²) in [5.41, 5.74) is -0.0858. The van der Waals surface area contributed by atoms with Crippen LogP contribution in [0.15, 0.2) is 0 Å². The van der Waals surface area contributed by atoms with Crippen molar-refractivity contribution in [2.24, 2.45) is 11.3 Å². The van der Waals surface area contributed by atoms with Crippen molar-refractivity contribution in [2.75, 3.05) is 0 Å². The van der Waals surface area contributed by atoms with E-state index in [-0.39, 0.29) is 11.5 Å². The van der Waals surface area contributed by atoms with Crippen molar-refractivity contribution in [1.82, 2.24) is 0 Å². The fraction of sp³-hybridized carbons (Fsp3) is 0.909. The molecule has 2 aliphatic rings. The summed E-state index contributed by atoms with van der Waals surface area (Å²) in [5.74, 6) is 0.896. The first-order valence-electron chi connectivity index (χ1n) is 5.34. The van der Waals surface area contributed by atoms with E-state index >= 15 is 0 Å². The molecular formula is C11H18O2. The van der Waals surface area contributed by atoms with E-state index in [1.165, 1.54) is 0 Å². The third kappa shape index (κ3) is 1.41. The number of aliphatic hydroxyl groups is 1. The van der Waals surface area contributed by atoms with E-state index in [0.717, 1.165) is 38.5 Å². The normalized spacial score (nSPS) is 45.8. The number of ketones is 1. The average Bonchev–Trinajstić information content (AvgIpc) is 2.09. The van der Waals surface area contributed by atoms with Gasteiger partial charge < -0.3 is 5.11 Å². The monoisotopic (exact) mass is 182 g/mol. The summed E-state index contributed by atoms with van der Waals surface area (Å²) in [4.78, 5) is 11.8. The minimum atomic E-state index is -0.149. The SMILES string of the molecule is C[C@]12CC[C@H](O)C[C@@H]1CCCC2=O. The predicted molar refractivity (Wildman–Crippen MR) is 50.3 cm³/mol. The summed E-state index contributed by atoms with van der Waals surface area (Å²) in [6.45, 7) is 2.10. The molecule has 0 radical (unpaired) electrons. The van der Waals surface area contributed by atoms with E-state index in [0.29, 0.717) is 11.7 Å². The number of fused-ring (bicyclic) bond motifs is 1. The Labute approximate surface area is 79.3 Å². The fourth-order valence-corrected chi connectivity index (χ4v) is 2.98. The van der Waals surface area contributed by atoms with Gasteiger partial charge in [-0.3, -0.25) is 4.79 Å². The molecular weight excluding hydrogens is 164 g/mol. The Hall–Kier alpha value is -0.370. The zero-order valence-electron chi connectivity index (χ0n) is 8.25. The highest BCUT2D eigenvalue weighted by atomic mass is 16.3. The van der Waals surface area contributed by atoms with Crippen molar-refractivity contribution >= 4 is 5.78 Å². The summed E-state index contributed by atoms with van der Waals surface area (Å²) in [5, 5.41) is 9.54. The predicted octanol–water partition coefficient (Wildman–Crippen LogP) is 1.91. The molecule has 1 N–H and O–H groups in total. The summed E-state index contributed by atoms with van der Waals surface area (Å²) in [7, 11) is 0. The van der Waals surface area contributed by atoms with Crippen LogP contribution in [-0.2, 0) is 4.79 Å². The molecule has 2 rings (SSSR count). The summed E-state index contributed by atoms with van der Waals surface area (Å²) < 4.78 is 0. The molecule has 2 aliphatic carbocycles. The van der Waals surface area contributed by atoms with Crippen molar-refractivity contribution in [1.29, 1.82) is 0 Å². The maximum atomic E-state index is 11.8. The lowest BCUT2D eigenvalue weighted by atomic mass is 9.59. The molecule has 13 heavy (non-hydrogen) atoms. The van der Waals surface area contributed by atoms with E-state index in [9.17, 15) is 9.90 Å². The first-order chi connectivity index (χ1) is 6.13. The second kappa shape index (κ2) is 3.09. The highest BCUT2D eigenvalue weighted by molar-refractivity contribution is 5.85. The topological polar surface area (TPSA) is 37.3 Å². The van der Waals surface area contributed by atoms with Gasteiger partial charge in [-0.25, -0.2) is 0 Å². The van der Waals surface area contributed by atoms with Crippen LogP contribution < -0.4 is 0 Å². The first-order valence-corrected chi connectivity index (χ1v) is 5.34. The average molecular weight is 182 g/mol. The molecule has 0 spiro atoms. The fourth-order valence-electron chi connectivity index (χ4n) is 2.98. The first kappa shape index (κ1) is 9.20. The minimum absolute atomic E-state index is 0.0858. The van der Waals surface area contributed by atoms with Crippen molar-refractivity contribution in [2.45, 2.75) is 51.6 Å². The smallest absolute Gasteiger partial charge is 0.139 e. The minimum Gasteiger partial charge on any atom is -0.393 e. The molecule has 0 aromatic heterocycles. The standard InChI is InChI=1S/C11H18O2/c1-11-6-5-9(12)7-8(11)3-2-4-10(11)13/h8-9,12H,2-7H2,1H3/t8-,9-,11-/m0/s1. The Bertz CT molecular complexity index is 224.